The Morgan fingerprint density at radius 2 is 1.59 bits per heavy atom. The number of methoxy groups -OCH3 is 3. The lowest BCUT2D eigenvalue weighted by Gasteiger charge is -2.15. The largest absolute Gasteiger partial charge is 0.496 e. The summed E-state index contributed by atoms with van der Waals surface area (Å²) in [6.45, 7) is 0.136. The summed E-state index contributed by atoms with van der Waals surface area (Å²) in [7, 11) is 3.18. The first-order chi connectivity index (χ1) is 13.8. The number of rotatable bonds is 9. The Balaban J connectivity index is 2.23. The molecule has 0 bridgehead atoms. The van der Waals surface area contributed by atoms with Gasteiger partial charge in [0.1, 0.15) is 5.75 Å². The maximum Gasteiger partial charge on any atom is 0.264 e. The normalized spacial score (nSPS) is 11.2. The zero-order valence-corrected chi connectivity index (χ0v) is 17.7. The summed E-state index contributed by atoms with van der Waals surface area (Å²) in [6, 6.07) is 9.04. The van der Waals surface area contributed by atoms with Gasteiger partial charge in [0.15, 0.2) is 11.5 Å². The summed E-state index contributed by atoms with van der Waals surface area (Å²) >= 11 is 0. The van der Waals surface area contributed by atoms with Gasteiger partial charge in [-0.1, -0.05) is 10.5 Å². The Labute approximate surface area is 170 Å². The van der Waals surface area contributed by atoms with E-state index in [0.29, 0.717) is 22.8 Å². The fourth-order valence-corrected chi connectivity index (χ4v) is 3.57. The third-order valence-electron chi connectivity index (χ3n) is 4.22. The lowest BCUT2D eigenvalue weighted by atomic mass is 10.1. The molecule has 2 aromatic rings. The second-order valence-electron chi connectivity index (χ2n) is 5.83. The number of hydroxylamine groups is 1. The highest BCUT2D eigenvalue weighted by atomic mass is 32.2. The lowest BCUT2D eigenvalue weighted by Crippen LogP contribution is -2.27. The second kappa shape index (κ2) is 9.59. The Kier molecular flexibility index (Phi) is 7.43. The molecule has 0 heterocycles. The maximum atomic E-state index is 12.6. The van der Waals surface area contributed by atoms with Crippen LogP contribution in [0, 0.1) is 0 Å². The van der Waals surface area contributed by atoms with Crippen molar-refractivity contribution in [2.45, 2.75) is 11.4 Å². The number of amides is 1. The van der Waals surface area contributed by atoms with Crippen molar-refractivity contribution in [1.29, 1.82) is 0 Å². The van der Waals surface area contributed by atoms with E-state index in [0.717, 1.165) is 4.47 Å². The van der Waals surface area contributed by atoms with E-state index in [2.05, 4.69) is 5.32 Å². The van der Waals surface area contributed by atoms with Gasteiger partial charge < -0.3 is 19.5 Å². The summed E-state index contributed by atoms with van der Waals surface area (Å²) < 4.78 is 41.3. The van der Waals surface area contributed by atoms with E-state index in [1.165, 1.54) is 59.8 Å². The summed E-state index contributed by atoms with van der Waals surface area (Å²) in [5.74, 6) is 1.06. The lowest BCUT2D eigenvalue weighted by molar-refractivity contribution is -0.0258. The molecule has 158 valence electrons. The van der Waals surface area contributed by atoms with Crippen LogP contribution in [0.25, 0.3) is 0 Å². The molecule has 0 radical (unpaired) electrons. The van der Waals surface area contributed by atoms with E-state index in [9.17, 15) is 13.2 Å². The van der Waals surface area contributed by atoms with Crippen molar-refractivity contribution in [2.24, 2.45) is 0 Å². The smallest absolute Gasteiger partial charge is 0.264 e. The zero-order valence-electron chi connectivity index (χ0n) is 16.9. The maximum absolute atomic E-state index is 12.6. The molecular formula is C19H24N2O7S. The minimum atomic E-state index is -3.86. The Hall–Kier alpha value is -2.82. The predicted octanol–water partition coefficient (Wildman–Crippen LogP) is 1.82. The molecule has 9 nitrogen and oxygen atoms in total. The SMILES string of the molecule is COc1cc(OC)c(OC)cc1CNC(=O)c1cccc(S(=O)(=O)N(C)OC)c1. The van der Waals surface area contributed by atoms with Gasteiger partial charge in [0.05, 0.1) is 33.3 Å². The summed E-state index contributed by atoms with van der Waals surface area (Å²) in [6.07, 6.45) is 0. The molecule has 0 saturated heterocycles. The highest BCUT2D eigenvalue weighted by molar-refractivity contribution is 7.89. The number of ether oxygens (including phenoxy) is 3. The minimum absolute atomic E-state index is 0.0572. The first kappa shape index (κ1) is 22.5. The van der Waals surface area contributed by atoms with Crippen molar-refractivity contribution >= 4 is 15.9 Å². The number of nitrogens with zero attached hydrogens (tertiary/aromatic N) is 1. The van der Waals surface area contributed by atoms with E-state index in [1.807, 2.05) is 0 Å². The van der Waals surface area contributed by atoms with E-state index in [4.69, 9.17) is 19.0 Å². The van der Waals surface area contributed by atoms with Crippen molar-refractivity contribution in [3.8, 4) is 17.2 Å². The first-order valence-corrected chi connectivity index (χ1v) is 9.92. The Bertz CT molecular complexity index is 977. The van der Waals surface area contributed by atoms with Crippen molar-refractivity contribution in [1.82, 2.24) is 9.79 Å². The second-order valence-corrected chi connectivity index (χ2v) is 7.76. The Morgan fingerprint density at radius 1 is 0.966 bits per heavy atom. The summed E-state index contributed by atoms with van der Waals surface area (Å²) in [5.41, 5.74) is 0.858. The van der Waals surface area contributed by atoms with Crippen LogP contribution in [0.1, 0.15) is 15.9 Å². The number of hydrogen-bond acceptors (Lipinski definition) is 7. The van der Waals surface area contributed by atoms with E-state index in [-0.39, 0.29) is 17.0 Å². The number of nitrogens with one attached hydrogen (secondary N) is 1. The molecule has 0 spiro atoms. The molecule has 0 aliphatic carbocycles. The molecular weight excluding hydrogens is 400 g/mol. The molecule has 2 aromatic carbocycles. The minimum Gasteiger partial charge on any atom is -0.496 e. The van der Waals surface area contributed by atoms with Crippen molar-refractivity contribution < 1.29 is 32.3 Å². The van der Waals surface area contributed by atoms with Crippen molar-refractivity contribution in [3.05, 3.63) is 47.5 Å². The van der Waals surface area contributed by atoms with Crippen LogP contribution in [-0.4, -0.2) is 54.3 Å². The molecule has 0 unspecified atom stereocenters. The standard InChI is InChI=1S/C19H24N2O7S/c1-21(28-5)29(23,24)15-8-6-7-13(9-15)19(22)20-12-14-10-17(26-3)18(27-4)11-16(14)25-2/h6-11H,12H2,1-5H3,(H,20,22). The van der Waals surface area contributed by atoms with E-state index in [1.54, 1.807) is 12.1 Å². The molecule has 0 aliphatic rings. The fourth-order valence-electron chi connectivity index (χ4n) is 2.55. The van der Waals surface area contributed by atoms with Gasteiger partial charge in [0.2, 0.25) is 0 Å². The van der Waals surface area contributed by atoms with Crippen molar-refractivity contribution in [2.75, 3.05) is 35.5 Å². The number of sulfonamides is 1. The van der Waals surface area contributed by atoms with Gasteiger partial charge in [-0.05, 0) is 24.3 Å². The monoisotopic (exact) mass is 424 g/mol. The number of carbonyl (C=O) groups is 1. The van der Waals surface area contributed by atoms with Gasteiger partial charge >= 0.3 is 0 Å². The van der Waals surface area contributed by atoms with E-state index < -0.39 is 15.9 Å². The highest BCUT2D eigenvalue weighted by Gasteiger charge is 2.22. The van der Waals surface area contributed by atoms with Gasteiger partial charge in [-0.3, -0.25) is 9.63 Å². The topological polar surface area (TPSA) is 103 Å². The molecule has 0 aromatic heterocycles. The number of hydrogen-bond donors (Lipinski definition) is 1. The van der Waals surface area contributed by atoms with Crippen molar-refractivity contribution in [3.63, 3.8) is 0 Å². The van der Waals surface area contributed by atoms with Crippen LogP contribution in [0.2, 0.25) is 0 Å². The highest BCUT2D eigenvalue weighted by Crippen LogP contribution is 2.34. The predicted molar refractivity (Wildman–Crippen MR) is 106 cm³/mol. The Morgan fingerprint density at radius 3 is 2.17 bits per heavy atom. The fraction of sp³-hybridized carbons (Fsp3) is 0.316. The average Bonchev–Trinajstić information content (AvgIpc) is 2.75. The third kappa shape index (κ3) is 4.97. The molecule has 0 atom stereocenters. The summed E-state index contributed by atoms with van der Waals surface area (Å²) in [4.78, 5) is 17.3. The third-order valence-corrected chi connectivity index (χ3v) is 5.89. The molecule has 10 heteroatoms. The molecule has 2 rings (SSSR count). The van der Waals surface area contributed by atoms with Crippen LogP contribution in [-0.2, 0) is 21.4 Å². The summed E-state index contributed by atoms with van der Waals surface area (Å²) in [5, 5.41) is 2.75. The molecule has 29 heavy (non-hydrogen) atoms. The quantitative estimate of drug-likeness (QED) is 0.613. The van der Waals surface area contributed by atoms with Crippen LogP contribution in [0.5, 0.6) is 17.2 Å². The van der Waals surface area contributed by atoms with Crippen LogP contribution < -0.4 is 19.5 Å². The van der Waals surface area contributed by atoms with Crippen LogP contribution in [0.3, 0.4) is 0 Å². The van der Waals surface area contributed by atoms with Gasteiger partial charge in [-0.2, -0.15) is 0 Å². The van der Waals surface area contributed by atoms with Crippen LogP contribution >= 0.6 is 0 Å². The zero-order chi connectivity index (χ0) is 21.6. The van der Waals surface area contributed by atoms with Crippen LogP contribution in [0.4, 0.5) is 0 Å². The van der Waals surface area contributed by atoms with Gasteiger partial charge in [-0.15, -0.1) is 0 Å². The molecule has 0 fully saturated rings. The van der Waals surface area contributed by atoms with Gasteiger partial charge in [0.25, 0.3) is 15.9 Å². The molecule has 0 aliphatic heterocycles. The van der Waals surface area contributed by atoms with Gasteiger partial charge in [-0.25, -0.2) is 8.42 Å². The number of carbonyl (C=O) groups excluding carboxylic acids is 1. The van der Waals surface area contributed by atoms with Gasteiger partial charge in [0, 0.05) is 30.8 Å². The molecule has 0 saturated carbocycles. The first-order valence-electron chi connectivity index (χ1n) is 8.48. The number of benzene rings is 2. The average molecular weight is 424 g/mol. The van der Waals surface area contributed by atoms with E-state index >= 15 is 0 Å². The molecule has 1 amide bonds. The van der Waals surface area contributed by atoms with Crippen LogP contribution in [0.15, 0.2) is 41.3 Å². The molecule has 1 N–H and O–H groups in total.